The molecule has 0 amide bonds. The van der Waals surface area contributed by atoms with E-state index in [1.165, 1.54) is 22.3 Å². The molecule has 1 heteroatoms. The van der Waals surface area contributed by atoms with Gasteiger partial charge in [0.25, 0.3) is 0 Å². The lowest BCUT2D eigenvalue weighted by Gasteiger charge is -2.06. The minimum Gasteiger partial charge on any atom is -0.256 e. The van der Waals surface area contributed by atoms with Crippen molar-refractivity contribution in [3.8, 4) is 11.1 Å². The number of benzene rings is 1. The molecule has 0 N–H and O–H groups in total. The van der Waals surface area contributed by atoms with Crippen molar-refractivity contribution in [1.29, 1.82) is 0 Å². The molecule has 0 bridgehead atoms. The van der Waals surface area contributed by atoms with Crippen LogP contribution in [0.3, 0.4) is 0 Å². The van der Waals surface area contributed by atoms with Crippen LogP contribution in [-0.4, -0.2) is 4.98 Å². The first-order valence-electron chi connectivity index (χ1n) is 7.11. The fourth-order valence-corrected chi connectivity index (χ4v) is 2.17. The molecule has 2 rings (SSSR count). The highest BCUT2D eigenvalue weighted by Crippen LogP contribution is 2.23. The summed E-state index contributed by atoms with van der Waals surface area (Å²) in [6.45, 7) is 6.29. The highest BCUT2D eigenvalue weighted by atomic mass is 14.7. The van der Waals surface area contributed by atoms with Crippen molar-refractivity contribution < 1.29 is 0 Å². The lowest BCUT2D eigenvalue weighted by atomic mass is 10.0. The normalized spacial score (nSPS) is 12.1. The van der Waals surface area contributed by atoms with Crippen LogP contribution in [0, 0.1) is 6.92 Å². The SMILES string of the molecule is C/C=C\C(=C/CC)c1cc(-c2ccc(C)cc2)ccn1. The van der Waals surface area contributed by atoms with E-state index >= 15 is 0 Å². The predicted molar refractivity (Wildman–Crippen MR) is 87.5 cm³/mol. The average molecular weight is 263 g/mol. The zero-order chi connectivity index (χ0) is 14.4. The maximum absolute atomic E-state index is 4.50. The van der Waals surface area contributed by atoms with Crippen LogP contribution in [0.5, 0.6) is 0 Å². The Balaban J connectivity index is 2.41. The van der Waals surface area contributed by atoms with E-state index in [1.807, 2.05) is 13.1 Å². The summed E-state index contributed by atoms with van der Waals surface area (Å²) in [6, 6.07) is 12.8. The molecule has 0 saturated carbocycles. The van der Waals surface area contributed by atoms with Crippen molar-refractivity contribution in [1.82, 2.24) is 4.98 Å². The van der Waals surface area contributed by atoms with Crippen molar-refractivity contribution in [3.63, 3.8) is 0 Å². The third kappa shape index (κ3) is 3.45. The van der Waals surface area contributed by atoms with Crippen LogP contribution < -0.4 is 0 Å². The zero-order valence-electron chi connectivity index (χ0n) is 12.4. The number of hydrogen-bond acceptors (Lipinski definition) is 1. The van der Waals surface area contributed by atoms with E-state index in [4.69, 9.17) is 0 Å². The number of aryl methyl sites for hydroxylation is 1. The van der Waals surface area contributed by atoms with Gasteiger partial charge in [-0.05, 0) is 49.1 Å². The van der Waals surface area contributed by atoms with Crippen molar-refractivity contribution in [2.45, 2.75) is 27.2 Å². The van der Waals surface area contributed by atoms with Gasteiger partial charge in [0.05, 0.1) is 5.69 Å². The molecule has 1 heterocycles. The largest absolute Gasteiger partial charge is 0.256 e. The summed E-state index contributed by atoms with van der Waals surface area (Å²) in [7, 11) is 0. The lowest BCUT2D eigenvalue weighted by molar-refractivity contribution is 1.21. The van der Waals surface area contributed by atoms with Crippen LogP contribution in [0.25, 0.3) is 16.7 Å². The summed E-state index contributed by atoms with van der Waals surface area (Å²) in [5.74, 6) is 0. The van der Waals surface area contributed by atoms with Gasteiger partial charge < -0.3 is 0 Å². The van der Waals surface area contributed by atoms with Crippen LogP contribution in [0.1, 0.15) is 31.5 Å². The van der Waals surface area contributed by atoms with Gasteiger partial charge in [0.2, 0.25) is 0 Å². The lowest BCUT2D eigenvalue weighted by Crippen LogP contribution is -1.88. The summed E-state index contributed by atoms with van der Waals surface area (Å²) in [4.78, 5) is 4.50. The quantitative estimate of drug-likeness (QED) is 0.670. The van der Waals surface area contributed by atoms with Gasteiger partial charge in [-0.15, -0.1) is 0 Å². The molecule has 2 aromatic rings. The number of hydrogen-bond donors (Lipinski definition) is 0. The fraction of sp³-hybridized carbons (Fsp3) is 0.211. The molecule has 0 aliphatic carbocycles. The summed E-state index contributed by atoms with van der Waals surface area (Å²) in [5.41, 5.74) is 5.94. The van der Waals surface area contributed by atoms with E-state index in [0.717, 1.165) is 12.1 Å². The second-order valence-electron chi connectivity index (χ2n) is 4.86. The van der Waals surface area contributed by atoms with Crippen molar-refractivity contribution in [3.05, 3.63) is 72.1 Å². The third-order valence-corrected chi connectivity index (χ3v) is 3.21. The van der Waals surface area contributed by atoms with Crippen LogP contribution in [0.2, 0.25) is 0 Å². The Morgan fingerprint density at radius 1 is 1.10 bits per heavy atom. The summed E-state index contributed by atoms with van der Waals surface area (Å²) in [6.07, 6.45) is 9.28. The maximum atomic E-state index is 4.50. The minimum absolute atomic E-state index is 1.01. The van der Waals surface area contributed by atoms with Crippen molar-refractivity contribution in [2.75, 3.05) is 0 Å². The first-order chi connectivity index (χ1) is 9.74. The number of pyridine rings is 1. The average Bonchev–Trinajstić information content (AvgIpc) is 2.48. The number of aromatic nitrogens is 1. The topological polar surface area (TPSA) is 12.9 Å². The Kier molecular flexibility index (Phi) is 4.89. The van der Waals surface area contributed by atoms with Gasteiger partial charge in [0.1, 0.15) is 0 Å². The predicted octanol–water partition coefficient (Wildman–Crippen LogP) is 5.43. The van der Waals surface area contributed by atoms with Gasteiger partial charge in [0.15, 0.2) is 0 Å². The van der Waals surface area contributed by atoms with E-state index in [2.05, 4.69) is 73.5 Å². The van der Waals surface area contributed by atoms with Gasteiger partial charge in [-0.3, -0.25) is 4.98 Å². The maximum Gasteiger partial charge on any atom is 0.0704 e. The van der Waals surface area contributed by atoms with Gasteiger partial charge in [-0.2, -0.15) is 0 Å². The summed E-state index contributed by atoms with van der Waals surface area (Å²) in [5, 5.41) is 0. The first-order valence-corrected chi connectivity index (χ1v) is 7.11. The highest BCUT2D eigenvalue weighted by Gasteiger charge is 2.03. The molecule has 1 nitrogen and oxygen atoms in total. The molecular weight excluding hydrogens is 242 g/mol. The highest BCUT2D eigenvalue weighted by molar-refractivity contribution is 5.75. The smallest absolute Gasteiger partial charge is 0.0704 e. The first kappa shape index (κ1) is 14.3. The molecule has 0 atom stereocenters. The van der Waals surface area contributed by atoms with Crippen molar-refractivity contribution >= 4 is 5.57 Å². The van der Waals surface area contributed by atoms with Crippen LogP contribution in [-0.2, 0) is 0 Å². The molecule has 0 aliphatic heterocycles. The second kappa shape index (κ2) is 6.85. The van der Waals surface area contributed by atoms with Crippen LogP contribution in [0.4, 0.5) is 0 Å². The van der Waals surface area contributed by atoms with Gasteiger partial charge in [-0.1, -0.05) is 55.0 Å². The van der Waals surface area contributed by atoms with E-state index in [9.17, 15) is 0 Å². The molecule has 0 spiro atoms. The second-order valence-corrected chi connectivity index (χ2v) is 4.86. The molecule has 0 aliphatic rings. The molecule has 1 aromatic carbocycles. The Bertz CT molecular complexity index is 618. The molecule has 0 unspecified atom stereocenters. The summed E-state index contributed by atoms with van der Waals surface area (Å²) < 4.78 is 0. The Hall–Kier alpha value is -2.15. The Labute approximate surface area is 121 Å². The molecule has 20 heavy (non-hydrogen) atoms. The Morgan fingerprint density at radius 3 is 2.50 bits per heavy atom. The van der Waals surface area contributed by atoms with Crippen LogP contribution >= 0.6 is 0 Å². The third-order valence-electron chi connectivity index (χ3n) is 3.21. The zero-order valence-corrected chi connectivity index (χ0v) is 12.4. The monoisotopic (exact) mass is 263 g/mol. The number of rotatable bonds is 4. The number of nitrogens with zero attached hydrogens (tertiary/aromatic N) is 1. The van der Waals surface area contributed by atoms with Gasteiger partial charge in [0, 0.05) is 6.20 Å². The van der Waals surface area contributed by atoms with Gasteiger partial charge in [-0.25, -0.2) is 0 Å². The fourth-order valence-electron chi connectivity index (χ4n) is 2.17. The van der Waals surface area contributed by atoms with E-state index in [-0.39, 0.29) is 0 Å². The van der Waals surface area contributed by atoms with Gasteiger partial charge >= 0.3 is 0 Å². The molecule has 0 saturated heterocycles. The summed E-state index contributed by atoms with van der Waals surface area (Å²) >= 11 is 0. The van der Waals surface area contributed by atoms with E-state index < -0.39 is 0 Å². The Morgan fingerprint density at radius 2 is 1.85 bits per heavy atom. The van der Waals surface area contributed by atoms with Crippen molar-refractivity contribution in [2.24, 2.45) is 0 Å². The minimum atomic E-state index is 1.01. The number of allylic oxidation sites excluding steroid dienone is 4. The standard InChI is InChI=1S/C19H21N/c1-4-6-17(7-5-2)19-14-18(12-13-20-19)16-10-8-15(3)9-11-16/h4,6-14H,5H2,1-3H3/b6-4-,17-7+. The molecule has 0 radical (unpaired) electrons. The molecule has 1 aromatic heterocycles. The molecule has 102 valence electrons. The molecular formula is C19H21N. The van der Waals surface area contributed by atoms with E-state index in [0.29, 0.717) is 0 Å². The molecule has 0 fully saturated rings. The van der Waals surface area contributed by atoms with Crippen LogP contribution in [0.15, 0.2) is 60.8 Å². The van der Waals surface area contributed by atoms with E-state index in [1.54, 1.807) is 0 Å².